The van der Waals surface area contributed by atoms with E-state index in [1.165, 1.54) is 0 Å². The van der Waals surface area contributed by atoms with Gasteiger partial charge in [-0.3, -0.25) is 0 Å². The molecule has 0 aromatic rings. The van der Waals surface area contributed by atoms with E-state index in [1.54, 1.807) is 0 Å². The molecule has 1 atom stereocenters. The summed E-state index contributed by atoms with van der Waals surface area (Å²) in [7, 11) is 0. The topological polar surface area (TPSA) is 21.6 Å². The van der Waals surface area contributed by atoms with E-state index in [1.807, 2.05) is 13.8 Å². The summed E-state index contributed by atoms with van der Waals surface area (Å²) >= 11 is 0. The molecule has 0 aromatic heterocycles. The maximum absolute atomic E-state index is 5.10. The lowest BCUT2D eigenvalue weighted by atomic mass is 10.1. The highest BCUT2D eigenvalue weighted by Gasteiger charge is 2.08. The molecule has 0 rings (SSSR count). The molecule has 0 aliphatic heterocycles. The number of hydrogen-bond donors (Lipinski definition) is 0. The minimum Gasteiger partial charge on any atom is -0.380 e. The quantitative estimate of drug-likeness (QED) is 0.316. The highest BCUT2D eigenvalue weighted by atomic mass is 16.6. The number of hydrogen-bond acceptors (Lipinski definition) is 2. The van der Waals surface area contributed by atoms with E-state index in [4.69, 9.17) is 11.3 Å². The number of rotatable bonds is 3. The van der Waals surface area contributed by atoms with Crippen molar-refractivity contribution in [2.24, 2.45) is 11.1 Å². The normalized spacial score (nSPS) is 12.2. The average Bonchev–Trinajstić information content (AvgIpc) is 1.82. The van der Waals surface area contributed by atoms with Gasteiger partial charge < -0.3 is 4.84 Å². The second-order valence-electron chi connectivity index (χ2n) is 2.07. The van der Waals surface area contributed by atoms with Crippen molar-refractivity contribution in [2.75, 3.05) is 0 Å². The van der Waals surface area contributed by atoms with Crippen molar-refractivity contribution in [1.82, 2.24) is 0 Å². The van der Waals surface area contributed by atoms with Crippen LogP contribution in [0.4, 0.5) is 0 Å². The van der Waals surface area contributed by atoms with E-state index in [0.29, 0.717) is 5.92 Å². The van der Waals surface area contributed by atoms with Crippen molar-refractivity contribution < 1.29 is 4.84 Å². The van der Waals surface area contributed by atoms with Gasteiger partial charge in [0.1, 0.15) is 0 Å². The number of nitrogens with zero attached hydrogens (tertiary/aromatic N) is 1. The minimum atomic E-state index is -0.234. The largest absolute Gasteiger partial charge is 0.380 e. The zero-order valence-corrected chi connectivity index (χ0v) is 5.79. The summed E-state index contributed by atoms with van der Waals surface area (Å²) in [6.45, 7) is 7.10. The molecule has 0 amide bonds. The maximum atomic E-state index is 5.10. The molecule has 0 aliphatic rings. The summed E-state index contributed by atoms with van der Waals surface area (Å²) < 4.78 is 0. The molecule has 0 saturated carbocycles. The van der Waals surface area contributed by atoms with Crippen LogP contribution in [0.2, 0.25) is 0 Å². The first kappa shape index (κ1) is 8.03. The Morgan fingerprint density at radius 2 is 2.22 bits per heavy atom. The summed E-state index contributed by atoms with van der Waals surface area (Å²) in [6, 6.07) is 0. The van der Waals surface area contributed by atoms with Crippen LogP contribution in [-0.4, -0.2) is 12.8 Å². The Morgan fingerprint density at radius 3 is 2.33 bits per heavy atom. The summed E-state index contributed by atoms with van der Waals surface area (Å²) in [6.07, 6.45) is 4.86. The number of terminal acetylenes is 1. The Kier molecular flexibility index (Phi) is 3.54. The van der Waals surface area contributed by atoms with Gasteiger partial charge in [-0.15, -0.1) is 11.6 Å². The monoisotopic (exact) mass is 125 g/mol. The van der Waals surface area contributed by atoms with Crippen LogP contribution in [0.3, 0.4) is 0 Å². The molecule has 0 radical (unpaired) electrons. The second-order valence-corrected chi connectivity index (χ2v) is 2.07. The molecule has 0 spiro atoms. The SMILES string of the molecule is C#CC(ON=C)C(C)C. The third-order valence-electron chi connectivity index (χ3n) is 0.958. The fourth-order valence-corrected chi connectivity index (χ4v) is 0.425. The Balaban J connectivity index is 3.71. The van der Waals surface area contributed by atoms with Crippen LogP contribution in [0.15, 0.2) is 5.16 Å². The van der Waals surface area contributed by atoms with Crippen LogP contribution in [-0.2, 0) is 4.84 Å². The first-order valence-electron chi connectivity index (χ1n) is 2.80. The number of oxime groups is 1. The molecule has 2 nitrogen and oxygen atoms in total. The van der Waals surface area contributed by atoms with Gasteiger partial charge in [-0.25, -0.2) is 0 Å². The van der Waals surface area contributed by atoms with Crippen LogP contribution in [0.1, 0.15) is 13.8 Å². The molecule has 2 heteroatoms. The fraction of sp³-hybridized carbons (Fsp3) is 0.571. The molecule has 0 bridgehead atoms. The van der Waals surface area contributed by atoms with E-state index >= 15 is 0 Å². The van der Waals surface area contributed by atoms with Crippen molar-refractivity contribution in [2.45, 2.75) is 20.0 Å². The van der Waals surface area contributed by atoms with E-state index < -0.39 is 0 Å². The Bertz CT molecular complexity index is 123. The summed E-state index contributed by atoms with van der Waals surface area (Å²) in [5.74, 6) is 2.74. The maximum Gasteiger partial charge on any atom is 0.189 e. The van der Waals surface area contributed by atoms with Gasteiger partial charge in [-0.2, -0.15) is 0 Å². The summed E-state index contributed by atoms with van der Waals surface area (Å²) in [5, 5.41) is 3.24. The van der Waals surface area contributed by atoms with Crippen LogP contribution in [0.5, 0.6) is 0 Å². The molecule has 0 aliphatic carbocycles. The fourth-order valence-electron chi connectivity index (χ4n) is 0.425. The molecule has 0 N–H and O–H groups in total. The van der Waals surface area contributed by atoms with Gasteiger partial charge in [-0.1, -0.05) is 19.8 Å². The van der Waals surface area contributed by atoms with Crippen LogP contribution < -0.4 is 0 Å². The molecule has 0 fully saturated rings. The van der Waals surface area contributed by atoms with Gasteiger partial charge in [0, 0.05) is 12.6 Å². The molecule has 0 aromatic carbocycles. The van der Waals surface area contributed by atoms with Crippen molar-refractivity contribution in [3.05, 3.63) is 0 Å². The van der Waals surface area contributed by atoms with Gasteiger partial charge >= 0.3 is 0 Å². The molecule has 50 valence electrons. The lowest BCUT2D eigenvalue weighted by Crippen LogP contribution is -2.14. The molecule has 0 saturated heterocycles. The van der Waals surface area contributed by atoms with Crippen LogP contribution in [0, 0.1) is 18.3 Å². The third-order valence-corrected chi connectivity index (χ3v) is 0.958. The lowest BCUT2D eigenvalue weighted by Gasteiger charge is -2.10. The third kappa shape index (κ3) is 2.76. The predicted molar refractivity (Wildman–Crippen MR) is 38.1 cm³/mol. The smallest absolute Gasteiger partial charge is 0.189 e. The standard InChI is InChI=1S/C7H11NO/c1-5-7(6(2)3)9-8-4/h1,6-7H,4H2,2-3H3. The van der Waals surface area contributed by atoms with Gasteiger partial charge in [0.15, 0.2) is 6.10 Å². The molecule has 1 unspecified atom stereocenters. The first-order chi connectivity index (χ1) is 4.22. The highest BCUT2D eigenvalue weighted by molar-refractivity contribution is 5.21. The van der Waals surface area contributed by atoms with Crippen LogP contribution >= 0.6 is 0 Å². The van der Waals surface area contributed by atoms with Gasteiger partial charge in [0.25, 0.3) is 0 Å². The van der Waals surface area contributed by atoms with Gasteiger partial charge in [0.2, 0.25) is 0 Å². The Hall–Kier alpha value is -0.970. The van der Waals surface area contributed by atoms with Crippen molar-refractivity contribution >= 4 is 6.72 Å². The lowest BCUT2D eigenvalue weighted by molar-refractivity contribution is 0.0698. The minimum absolute atomic E-state index is 0.234. The first-order valence-corrected chi connectivity index (χ1v) is 2.80. The van der Waals surface area contributed by atoms with E-state index in [-0.39, 0.29) is 6.10 Å². The zero-order valence-electron chi connectivity index (χ0n) is 5.79. The van der Waals surface area contributed by atoms with Crippen molar-refractivity contribution in [1.29, 1.82) is 0 Å². The summed E-state index contributed by atoms with van der Waals surface area (Å²) in [5.41, 5.74) is 0. The summed E-state index contributed by atoms with van der Waals surface area (Å²) in [4.78, 5) is 4.73. The van der Waals surface area contributed by atoms with E-state index in [2.05, 4.69) is 17.8 Å². The van der Waals surface area contributed by atoms with Crippen molar-refractivity contribution in [3.63, 3.8) is 0 Å². The zero-order chi connectivity index (χ0) is 7.28. The second kappa shape index (κ2) is 3.96. The molecule has 9 heavy (non-hydrogen) atoms. The van der Waals surface area contributed by atoms with Crippen LogP contribution in [0.25, 0.3) is 0 Å². The predicted octanol–water partition coefficient (Wildman–Crippen LogP) is 1.28. The van der Waals surface area contributed by atoms with Gasteiger partial charge in [-0.05, 0) is 0 Å². The molecular formula is C7H11NO. The average molecular weight is 125 g/mol. The molecular weight excluding hydrogens is 114 g/mol. The van der Waals surface area contributed by atoms with Crippen molar-refractivity contribution in [3.8, 4) is 12.3 Å². The van der Waals surface area contributed by atoms with Gasteiger partial charge in [0.05, 0.1) is 0 Å². The Morgan fingerprint density at radius 1 is 1.67 bits per heavy atom. The highest BCUT2D eigenvalue weighted by Crippen LogP contribution is 2.04. The van der Waals surface area contributed by atoms with E-state index in [0.717, 1.165) is 0 Å². The Labute approximate surface area is 55.9 Å². The van der Waals surface area contributed by atoms with E-state index in [9.17, 15) is 0 Å². The molecule has 0 heterocycles.